The summed E-state index contributed by atoms with van der Waals surface area (Å²) in [6.07, 6.45) is 2.90. The minimum absolute atomic E-state index is 0.00819. The van der Waals surface area contributed by atoms with Crippen LogP contribution in [0.3, 0.4) is 0 Å². The number of nitrogens with zero attached hydrogens (tertiary/aromatic N) is 2. The van der Waals surface area contributed by atoms with Gasteiger partial charge >= 0.3 is 12.1 Å². The van der Waals surface area contributed by atoms with Crippen molar-refractivity contribution in [2.24, 2.45) is 23.7 Å². The van der Waals surface area contributed by atoms with Gasteiger partial charge in [-0.15, -0.1) is 0 Å². The number of carboxylic acid groups (broad SMARTS) is 1. The second-order valence-corrected chi connectivity index (χ2v) is 17.1. The van der Waals surface area contributed by atoms with Crippen LogP contribution >= 0.6 is 0 Å². The Bertz CT molecular complexity index is 2180. The van der Waals surface area contributed by atoms with E-state index in [1.165, 1.54) is 13.2 Å². The maximum atomic E-state index is 13.3. The number of aromatic carboxylic acids is 1. The van der Waals surface area contributed by atoms with Gasteiger partial charge < -0.3 is 39.3 Å². The van der Waals surface area contributed by atoms with Crippen LogP contribution in [0, 0.1) is 30.6 Å². The van der Waals surface area contributed by atoms with Crippen molar-refractivity contribution in [3.05, 3.63) is 112 Å². The molecule has 2 amide bonds. The largest absolute Gasteiger partial charge is 0.507 e. The first-order chi connectivity index (χ1) is 30.0. The van der Waals surface area contributed by atoms with E-state index in [2.05, 4.69) is 27.7 Å². The van der Waals surface area contributed by atoms with Crippen LogP contribution in [0.5, 0.6) is 28.7 Å². The van der Waals surface area contributed by atoms with Crippen LogP contribution in [0.25, 0.3) is 0 Å². The Kier molecular flexibility index (Phi) is 18.2. The molecule has 2 heterocycles. The third-order valence-corrected chi connectivity index (χ3v) is 11.7. The molecule has 2 saturated heterocycles. The number of benzene rings is 4. The first-order valence-electron chi connectivity index (χ1n) is 21.3. The predicted molar refractivity (Wildman–Crippen MR) is 237 cm³/mol. The topological polar surface area (TPSA) is 180 Å². The fourth-order valence-electron chi connectivity index (χ4n) is 9.18. The minimum atomic E-state index is -1.04. The molecule has 4 aromatic carbocycles. The van der Waals surface area contributed by atoms with Crippen molar-refractivity contribution in [1.29, 1.82) is 0 Å². The number of likely N-dealkylation sites (tertiary alicyclic amines) is 2. The molecular formula is C50H62N2O11. The van der Waals surface area contributed by atoms with E-state index in [-0.39, 0.29) is 53.8 Å². The van der Waals surface area contributed by atoms with Gasteiger partial charge in [-0.25, -0.2) is 4.79 Å². The lowest BCUT2D eigenvalue weighted by Gasteiger charge is -2.36. The van der Waals surface area contributed by atoms with Gasteiger partial charge in [0, 0.05) is 74.1 Å². The number of carbonyl (C=O) groups excluding carboxylic acids is 4. The molecule has 0 bridgehead atoms. The van der Waals surface area contributed by atoms with E-state index in [1.54, 1.807) is 50.6 Å². The first-order valence-corrected chi connectivity index (χ1v) is 21.3. The van der Waals surface area contributed by atoms with Crippen LogP contribution in [0.2, 0.25) is 0 Å². The zero-order valence-electron chi connectivity index (χ0n) is 37.6. The van der Waals surface area contributed by atoms with Gasteiger partial charge in [-0.05, 0) is 84.4 Å². The average molecular weight is 867 g/mol. The number of hydrogen-bond donors (Lipinski definition) is 3. The number of rotatable bonds is 12. The molecule has 2 fully saturated rings. The van der Waals surface area contributed by atoms with Crippen LogP contribution in [0.1, 0.15) is 103 Å². The number of carbonyl (C=O) groups is 3. The molecule has 13 heteroatoms. The predicted octanol–water partition coefficient (Wildman–Crippen LogP) is 8.29. The Morgan fingerprint density at radius 1 is 0.635 bits per heavy atom. The van der Waals surface area contributed by atoms with Crippen molar-refractivity contribution in [1.82, 2.24) is 9.80 Å². The van der Waals surface area contributed by atoms with Crippen molar-refractivity contribution >= 4 is 23.9 Å². The molecule has 6 atom stereocenters. The van der Waals surface area contributed by atoms with Crippen molar-refractivity contribution in [2.45, 2.75) is 72.1 Å². The second kappa shape index (κ2) is 23.2. The number of aryl methyl sites for hydroxylation is 1. The van der Waals surface area contributed by atoms with Gasteiger partial charge in [0.15, 0.2) is 0 Å². The normalized spacial score (nSPS) is 19.1. The summed E-state index contributed by atoms with van der Waals surface area (Å²) in [5.41, 5.74) is 3.72. The lowest BCUT2D eigenvalue weighted by Crippen LogP contribution is -2.43. The highest BCUT2D eigenvalue weighted by Crippen LogP contribution is 2.44. The highest BCUT2D eigenvalue weighted by atomic mass is 16.5. The fourth-order valence-corrected chi connectivity index (χ4v) is 9.18. The molecule has 0 aliphatic carbocycles. The van der Waals surface area contributed by atoms with Crippen molar-refractivity contribution < 1.29 is 53.5 Å². The van der Waals surface area contributed by atoms with Crippen molar-refractivity contribution in [3.8, 4) is 28.7 Å². The summed E-state index contributed by atoms with van der Waals surface area (Å²) >= 11 is 0. The number of ether oxygens (including phenoxy) is 3. The van der Waals surface area contributed by atoms with E-state index < -0.39 is 11.9 Å². The van der Waals surface area contributed by atoms with Gasteiger partial charge in [-0.2, -0.15) is 9.59 Å². The van der Waals surface area contributed by atoms with Gasteiger partial charge in [0.25, 0.3) is 0 Å². The number of methoxy groups -OCH3 is 3. The summed E-state index contributed by atoms with van der Waals surface area (Å²) in [4.78, 5) is 58.2. The van der Waals surface area contributed by atoms with Gasteiger partial charge in [0.1, 0.15) is 28.7 Å². The zero-order chi connectivity index (χ0) is 46.4. The summed E-state index contributed by atoms with van der Waals surface area (Å²) in [6.45, 7) is 13.5. The number of amides is 2. The van der Waals surface area contributed by atoms with E-state index in [0.717, 1.165) is 37.1 Å². The molecule has 2 aliphatic rings. The summed E-state index contributed by atoms with van der Waals surface area (Å²) in [6, 6.07) is 23.2. The van der Waals surface area contributed by atoms with E-state index in [4.69, 9.17) is 23.8 Å². The second-order valence-electron chi connectivity index (χ2n) is 17.1. The smallest absolute Gasteiger partial charge is 0.373 e. The quantitative estimate of drug-likeness (QED) is 0.125. The molecular weight excluding hydrogens is 805 g/mol. The number of phenolic OH excluding ortho intramolecular Hbond substituents is 2. The minimum Gasteiger partial charge on any atom is -0.507 e. The fraction of sp³-hybridized carbons (Fsp3) is 0.440. The zero-order valence-corrected chi connectivity index (χ0v) is 37.6. The molecule has 0 saturated carbocycles. The highest BCUT2D eigenvalue weighted by molar-refractivity contribution is 5.88. The summed E-state index contributed by atoms with van der Waals surface area (Å²) < 4.78 is 16.4. The number of aromatic hydroxyl groups is 2. The van der Waals surface area contributed by atoms with Crippen LogP contribution < -0.4 is 14.2 Å². The molecule has 6 unspecified atom stereocenters. The standard InChI is InChI=1S/C25H31NO5.C24H31NO4.CO2/c1-15-9-21(27)24(22(10-15)31-4)20(18-6-5-7-19(11-18)25(29)30)12-23(28)26-13-16(2)8-17(3)14-26;1-16-10-17(2)15-25(14-16)23(27)13-20(18-8-6-5-7-9-18)24-21(26)11-19(28-3)12-22(24)29-4;2-1-3/h5-7,9-11,16-17,20,27H,8,12-14H2,1-4H3,(H,29,30);5-9,11-12,16-17,20,26H,10,13-15H2,1-4H3;. The van der Waals surface area contributed by atoms with E-state index in [9.17, 15) is 29.7 Å². The Hall–Kier alpha value is -6.33. The van der Waals surface area contributed by atoms with Crippen LogP contribution in [0.4, 0.5) is 0 Å². The monoisotopic (exact) mass is 866 g/mol. The Morgan fingerprint density at radius 3 is 1.54 bits per heavy atom. The van der Waals surface area contributed by atoms with Crippen LogP contribution in [0.15, 0.2) is 78.9 Å². The molecule has 63 heavy (non-hydrogen) atoms. The third-order valence-electron chi connectivity index (χ3n) is 11.7. The third kappa shape index (κ3) is 13.3. The first kappa shape index (κ1) is 49.3. The van der Waals surface area contributed by atoms with Gasteiger partial charge in [0.2, 0.25) is 11.8 Å². The lowest BCUT2D eigenvalue weighted by atomic mass is 9.84. The molecule has 13 nitrogen and oxygen atoms in total. The van der Waals surface area contributed by atoms with E-state index >= 15 is 0 Å². The Labute approximate surface area is 370 Å². The molecule has 2 aliphatic heterocycles. The molecule has 4 aromatic rings. The van der Waals surface area contributed by atoms with Gasteiger partial charge in [-0.3, -0.25) is 9.59 Å². The van der Waals surface area contributed by atoms with E-state index in [1.807, 2.05) is 53.1 Å². The van der Waals surface area contributed by atoms with Crippen molar-refractivity contribution in [2.75, 3.05) is 47.5 Å². The number of carboxylic acids is 1. The molecule has 3 N–H and O–H groups in total. The average Bonchev–Trinajstić information content (AvgIpc) is 3.24. The lowest BCUT2D eigenvalue weighted by molar-refractivity contribution is -0.191. The summed E-state index contributed by atoms with van der Waals surface area (Å²) in [5.74, 6) is 1.72. The van der Waals surface area contributed by atoms with Crippen LogP contribution in [-0.2, 0) is 19.2 Å². The Morgan fingerprint density at radius 2 is 1.08 bits per heavy atom. The summed E-state index contributed by atoms with van der Waals surface area (Å²) in [7, 11) is 4.64. The maximum absolute atomic E-state index is 13.3. The van der Waals surface area contributed by atoms with Crippen LogP contribution in [-0.4, -0.2) is 96.6 Å². The van der Waals surface area contributed by atoms with E-state index in [0.29, 0.717) is 70.7 Å². The molecule has 0 aromatic heterocycles. The SMILES string of the molecule is COc1cc(C)cc(O)c1C(CC(=O)N1CC(C)CC(C)C1)c1cccc(C(=O)O)c1.COc1cc(O)c(C(CC(=O)N2CC(C)CC(C)C2)c2ccccc2)c(OC)c1.O=C=O. The number of hydrogen-bond acceptors (Lipinski definition) is 10. The molecule has 338 valence electrons. The molecule has 0 spiro atoms. The maximum Gasteiger partial charge on any atom is 0.373 e. The van der Waals surface area contributed by atoms with Gasteiger partial charge in [-0.1, -0.05) is 70.2 Å². The van der Waals surface area contributed by atoms with Crippen molar-refractivity contribution in [3.63, 3.8) is 0 Å². The summed E-state index contributed by atoms with van der Waals surface area (Å²) in [5, 5.41) is 31.0. The molecule has 0 radical (unpaired) electrons. The highest BCUT2D eigenvalue weighted by Gasteiger charge is 2.33. The Balaban J connectivity index is 0.000000261. The molecule has 6 rings (SSSR count). The van der Waals surface area contributed by atoms with Gasteiger partial charge in [0.05, 0.1) is 26.9 Å². The number of piperidine rings is 2. The number of phenols is 2.